The molecule has 1 aromatic carbocycles. The second kappa shape index (κ2) is 7.22. The Morgan fingerprint density at radius 3 is 2.60 bits per heavy atom. The Kier molecular flexibility index (Phi) is 5.32. The number of furan rings is 1. The van der Waals surface area contributed by atoms with Gasteiger partial charge in [0.15, 0.2) is 0 Å². The largest absolute Gasteiger partial charge is 0.468 e. The van der Waals surface area contributed by atoms with Crippen molar-refractivity contribution in [2.75, 3.05) is 13.1 Å². The van der Waals surface area contributed by atoms with E-state index in [-0.39, 0.29) is 5.82 Å². The molecule has 1 atom stereocenters. The maximum Gasteiger partial charge on any atom is 0.123 e. The van der Waals surface area contributed by atoms with Crippen molar-refractivity contribution < 1.29 is 13.9 Å². The van der Waals surface area contributed by atoms with Gasteiger partial charge in [0.2, 0.25) is 0 Å². The third-order valence-corrected chi connectivity index (χ3v) is 3.38. The molecule has 1 heterocycles. The Morgan fingerprint density at radius 1 is 1.25 bits per heavy atom. The molecule has 0 bridgehead atoms. The minimum Gasteiger partial charge on any atom is -0.468 e. The molecule has 0 amide bonds. The van der Waals surface area contributed by atoms with Crippen molar-refractivity contribution >= 4 is 0 Å². The van der Waals surface area contributed by atoms with E-state index in [9.17, 15) is 9.50 Å². The third kappa shape index (κ3) is 4.18. The van der Waals surface area contributed by atoms with Crippen LogP contribution in [0.4, 0.5) is 4.39 Å². The summed E-state index contributed by atoms with van der Waals surface area (Å²) in [4.78, 5) is 2.20. The van der Waals surface area contributed by atoms with Gasteiger partial charge in [-0.05, 0) is 42.8 Å². The summed E-state index contributed by atoms with van der Waals surface area (Å²) in [5.41, 5.74) is 0.750. The average molecular weight is 277 g/mol. The summed E-state index contributed by atoms with van der Waals surface area (Å²) < 4.78 is 18.2. The van der Waals surface area contributed by atoms with E-state index in [2.05, 4.69) is 11.8 Å². The maximum atomic E-state index is 12.8. The summed E-state index contributed by atoms with van der Waals surface area (Å²) in [6.07, 6.45) is 1.71. The molecule has 0 aliphatic carbocycles. The predicted molar refractivity (Wildman–Crippen MR) is 75.6 cm³/mol. The van der Waals surface area contributed by atoms with Crippen LogP contribution in [0.1, 0.15) is 30.8 Å². The Balaban J connectivity index is 1.84. The lowest BCUT2D eigenvalue weighted by atomic mass is 10.1. The highest BCUT2D eigenvalue weighted by Gasteiger charge is 2.11. The van der Waals surface area contributed by atoms with Crippen molar-refractivity contribution in [3.63, 3.8) is 0 Å². The summed E-state index contributed by atoms with van der Waals surface area (Å²) in [7, 11) is 0. The quantitative estimate of drug-likeness (QED) is 0.843. The Morgan fingerprint density at radius 2 is 2.00 bits per heavy atom. The first-order valence-electron chi connectivity index (χ1n) is 6.87. The maximum absolute atomic E-state index is 12.8. The van der Waals surface area contributed by atoms with Crippen LogP contribution in [0.2, 0.25) is 0 Å². The summed E-state index contributed by atoms with van der Waals surface area (Å²) in [6.45, 7) is 4.46. The minimum atomic E-state index is -0.568. The normalized spacial score (nSPS) is 12.8. The molecule has 2 rings (SSSR count). The molecule has 0 saturated carbocycles. The zero-order chi connectivity index (χ0) is 14.4. The number of aliphatic hydroxyl groups is 1. The van der Waals surface area contributed by atoms with Crippen LogP contribution in [0.25, 0.3) is 0 Å². The molecule has 3 nitrogen and oxygen atoms in total. The highest BCUT2D eigenvalue weighted by Crippen LogP contribution is 2.18. The zero-order valence-corrected chi connectivity index (χ0v) is 11.6. The number of aliphatic hydroxyl groups excluding tert-OH is 1. The molecule has 1 N–H and O–H groups in total. The Labute approximate surface area is 118 Å². The molecule has 1 unspecified atom stereocenters. The predicted octanol–water partition coefficient (Wildman–Crippen LogP) is 3.36. The average Bonchev–Trinajstić information content (AvgIpc) is 2.96. The molecule has 0 fully saturated rings. The van der Waals surface area contributed by atoms with E-state index in [1.165, 1.54) is 12.1 Å². The van der Waals surface area contributed by atoms with E-state index in [1.54, 1.807) is 18.4 Å². The van der Waals surface area contributed by atoms with Gasteiger partial charge in [-0.1, -0.05) is 19.1 Å². The van der Waals surface area contributed by atoms with Gasteiger partial charge in [0.05, 0.1) is 18.9 Å². The lowest BCUT2D eigenvalue weighted by Crippen LogP contribution is -2.25. The molecular weight excluding hydrogens is 257 g/mol. The SMILES string of the molecule is CCN(CCC(O)c1ccc(F)cc1)Cc1ccco1. The number of benzene rings is 1. The molecule has 0 radical (unpaired) electrons. The van der Waals surface area contributed by atoms with E-state index >= 15 is 0 Å². The first kappa shape index (κ1) is 14.8. The van der Waals surface area contributed by atoms with Crippen LogP contribution in [0.5, 0.6) is 0 Å². The number of rotatable bonds is 7. The van der Waals surface area contributed by atoms with Crippen molar-refractivity contribution in [1.82, 2.24) is 4.90 Å². The van der Waals surface area contributed by atoms with Gasteiger partial charge in [0, 0.05) is 6.54 Å². The van der Waals surface area contributed by atoms with Gasteiger partial charge in [0.1, 0.15) is 11.6 Å². The van der Waals surface area contributed by atoms with Crippen LogP contribution >= 0.6 is 0 Å². The van der Waals surface area contributed by atoms with Crippen LogP contribution in [-0.4, -0.2) is 23.1 Å². The lowest BCUT2D eigenvalue weighted by Gasteiger charge is -2.21. The zero-order valence-electron chi connectivity index (χ0n) is 11.6. The van der Waals surface area contributed by atoms with Crippen molar-refractivity contribution in [3.05, 3.63) is 59.8 Å². The van der Waals surface area contributed by atoms with E-state index < -0.39 is 6.10 Å². The van der Waals surface area contributed by atoms with Crippen molar-refractivity contribution in [2.45, 2.75) is 26.0 Å². The van der Waals surface area contributed by atoms with E-state index in [4.69, 9.17) is 4.42 Å². The smallest absolute Gasteiger partial charge is 0.123 e. The number of halogens is 1. The number of hydrogen-bond donors (Lipinski definition) is 1. The monoisotopic (exact) mass is 277 g/mol. The van der Waals surface area contributed by atoms with E-state index in [1.807, 2.05) is 12.1 Å². The van der Waals surface area contributed by atoms with Gasteiger partial charge in [-0.3, -0.25) is 4.90 Å². The molecular formula is C16H20FNO2. The van der Waals surface area contributed by atoms with E-state index in [0.717, 1.165) is 31.0 Å². The number of hydrogen-bond acceptors (Lipinski definition) is 3. The Hall–Kier alpha value is -1.65. The van der Waals surface area contributed by atoms with Gasteiger partial charge in [-0.25, -0.2) is 4.39 Å². The molecule has 1 aromatic heterocycles. The molecule has 20 heavy (non-hydrogen) atoms. The van der Waals surface area contributed by atoms with Crippen LogP contribution in [0, 0.1) is 5.82 Å². The van der Waals surface area contributed by atoms with Crippen LogP contribution in [-0.2, 0) is 6.54 Å². The second-order valence-electron chi connectivity index (χ2n) is 4.80. The lowest BCUT2D eigenvalue weighted by molar-refractivity contribution is 0.138. The molecule has 2 aromatic rings. The standard InChI is InChI=1S/C16H20FNO2/c1-2-18(12-15-4-3-11-20-15)10-9-16(19)13-5-7-14(17)8-6-13/h3-8,11,16,19H,2,9-10,12H2,1H3. The molecule has 0 spiro atoms. The fourth-order valence-corrected chi connectivity index (χ4v) is 2.13. The van der Waals surface area contributed by atoms with Gasteiger partial charge in [0.25, 0.3) is 0 Å². The van der Waals surface area contributed by atoms with Gasteiger partial charge in [-0.15, -0.1) is 0 Å². The summed E-state index contributed by atoms with van der Waals surface area (Å²) in [5, 5.41) is 10.1. The molecule has 4 heteroatoms. The minimum absolute atomic E-state index is 0.283. The van der Waals surface area contributed by atoms with Crippen molar-refractivity contribution in [2.24, 2.45) is 0 Å². The van der Waals surface area contributed by atoms with Gasteiger partial charge < -0.3 is 9.52 Å². The summed E-state index contributed by atoms with van der Waals surface area (Å²) in [5.74, 6) is 0.636. The molecule has 0 saturated heterocycles. The van der Waals surface area contributed by atoms with Crippen LogP contribution in [0.3, 0.4) is 0 Å². The number of nitrogens with zero attached hydrogens (tertiary/aromatic N) is 1. The van der Waals surface area contributed by atoms with Gasteiger partial charge in [-0.2, -0.15) is 0 Å². The van der Waals surface area contributed by atoms with Crippen LogP contribution in [0.15, 0.2) is 47.1 Å². The van der Waals surface area contributed by atoms with Gasteiger partial charge >= 0.3 is 0 Å². The molecule has 0 aliphatic rings. The first-order valence-corrected chi connectivity index (χ1v) is 6.87. The fourth-order valence-electron chi connectivity index (χ4n) is 2.13. The highest BCUT2D eigenvalue weighted by atomic mass is 19.1. The Bertz CT molecular complexity index is 496. The second-order valence-corrected chi connectivity index (χ2v) is 4.80. The van der Waals surface area contributed by atoms with Crippen molar-refractivity contribution in [1.29, 1.82) is 0 Å². The fraction of sp³-hybridized carbons (Fsp3) is 0.375. The van der Waals surface area contributed by atoms with Crippen molar-refractivity contribution in [3.8, 4) is 0 Å². The third-order valence-electron chi connectivity index (χ3n) is 3.38. The summed E-state index contributed by atoms with van der Waals surface area (Å²) >= 11 is 0. The highest BCUT2D eigenvalue weighted by molar-refractivity contribution is 5.18. The van der Waals surface area contributed by atoms with E-state index in [0.29, 0.717) is 6.42 Å². The molecule has 108 valence electrons. The molecule has 0 aliphatic heterocycles. The topological polar surface area (TPSA) is 36.6 Å². The first-order chi connectivity index (χ1) is 9.69. The van der Waals surface area contributed by atoms with Crippen LogP contribution < -0.4 is 0 Å². The summed E-state index contributed by atoms with van der Waals surface area (Å²) in [6, 6.07) is 9.82.